The van der Waals surface area contributed by atoms with Crippen LogP contribution in [0.2, 0.25) is 0 Å². The van der Waals surface area contributed by atoms with E-state index < -0.39 is 5.38 Å². The lowest BCUT2D eigenvalue weighted by Gasteiger charge is -2.19. The summed E-state index contributed by atoms with van der Waals surface area (Å²) in [5, 5.41) is -0.570. The van der Waals surface area contributed by atoms with E-state index in [1.54, 1.807) is 7.11 Å². The second kappa shape index (κ2) is 6.21. The van der Waals surface area contributed by atoms with E-state index in [1.807, 2.05) is 29.2 Å². The first-order valence-electron chi connectivity index (χ1n) is 6.23. The van der Waals surface area contributed by atoms with E-state index >= 15 is 0 Å². The molecule has 18 heavy (non-hydrogen) atoms. The lowest BCUT2D eigenvalue weighted by atomic mass is 10.1. The van der Waals surface area contributed by atoms with Gasteiger partial charge in [0.2, 0.25) is 5.91 Å². The molecule has 0 aliphatic carbocycles. The molecule has 1 aromatic carbocycles. The van der Waals surface area contributed by atoms with E-state index in [0.29, 0.717) is 6.61 Å². The van der Waals surface area contributed by atoms with Crippen molar-refractivity contribution in [2.45, 2.75) is 24.8 Å². The van der Waals surface area contributed by atoms with Crippen LogP contribution in [0.25, 0.3) is 0 Å². The molecule has 1 aliphatic rings. The highest BCUT2D eigenvalue weighted by molar-refractivity contribution is 6.30. The van der Waals surface area contributed by atoms with Crippen LogP contribution in [0.5, 0.6) is 0 Å². The van der Waals surface area contributed by atoms with Crippen LogP contribution in [0, 0.1) is 0 Å². The molecular weight excluding hydrogens is 250 g/mol. The largest absolute Gasteiger partial charge is 0.380 e. The van der Waals surface area contributed by atoms with Crippen molar-refractivity contribution in [1.82, 2.24) is 4.90 Å². The Labute approximate surface area is 113 Å². The fraction of sp³-hybridized carbons (Fsp3) is 0.500. The van der Waals surface area contributed by atoms with Gasteiger partial charge >= 0.3 is 0 Å². The van der Waals surface area contributed by atoms with Crippen molar-refractivity contribution in [2.75, 3.05) is 20.2 Å². The van der Waals surface area contributed by atoms with Crippen LogP contribution in [-0.4, -0.2) is 31.0 Å². The van der Waals surface area contributed by atoms with Gasteiger partial charge in [0.1, 0.15) is 5.38 Å². The van der Waals surface area contributed by atoms with Crippen LogP contribution in [0.15, 0.2) is 24.3 Å². The number of likely N-dealkylation sites (tertiary alicyclic amines) is 1. The summed E-state index contributed by atoms with van der Waals surface area (Å²) >= 11 is 6.24. The molecule has 0 radical (unpaired) electrons. The Hall–Kier alpha value is -1.06. The maximum Gasteiger partial charge on any atom is 0.245 e. The van der Waals surface area contributed by atoms with Crippen LogP contribution in [-0.2, 0) is 16.1 Å². The molecule has 0 bridgehead atoms. The normalized spacial score (nSPS) is 16.9. The average Bonchev–Trinajstić information content (AvgIpc) is 2.92. The van der Waals surface area contributed by atoms with Gasteiger partial charge in [0.25, 0.3) is 0 Å². The van der Waals surface area contributed by atoms with Gasteiger partial charge in [-0.1, -0.05) is 24.3 Å². The maximum atomic E-state index is 12.1. The fourth-order valence-electron chi connectivity index (χ4n) is 2.19. The minimum Gasteiger partial charge on any atom is -0.380 e. The molecule has 0 spiro atoms. The van der Waals surface area contributed by atoms with Gasteiger partial charge in [0.15, 0.2) is 0 Å². The summed E-state index contributed by atoms with van der Waals surface area (Å²) in [5.74, 6) is 0.0219. The van der Waals surface area contributed by atoms with Crippen LogP contribution in [0.3, 0.4) is 0 Å². The number of methoxy groups -OCH3 is 1. The molecule has 1 saturated heterocycles. The highest BCUT2D eigenvalue weighted by Gasteiger charge is 2.25. The Balaban J connectivity index is 2.03. The minimum atomic E-state index is -0.570. The van der Waals surface area contributed by atoms with Crippen LogP contribution in [0.1, 0.15) is 29.3 Å². The third kappa shape index (κ3) is 3.03. The second-order valence-electron chi connectivity index (χ2n) is 4.57. The van der Waals surface area contributed by atoms with Gasteiger partial charge in [-0.15, -0.1) is 11.6 Å². The molecule has 0 N–H and O–H groups in total. The van der Waals surface area contributed by atoms with E-state index in [1.165, 1.54) is 0 Å². The molecule has 1 fully saturated rings. The Morgan fingerprint density at radius 1 is 1.33 bits per heavy atom. The van der Waals surface area contributed by atoms with E-state index in [9.17, 15) is 4.79 Å². The zero-order valence-electron chi connectivity index (χ0n) is 10.6. The predicted molar refractivity (Wildman–Crippen MR) is 71.6 cm³/mol. The summed E-state index contributed by atoms with van der Waals surface area (Å²) in [6, 6.07) is 7.71. The van der Waals surface area contributed by atoms with E-state index in [-0.39, 0.29) is 5.91 Å². The van der Waals surface area contributed by atoms with Crippen molar-refractivity contribution < 1.29 is 9.53 Å². The highest BCUT2D eigenvalue weighted by atomic mass is 35.5. The fourth-order valence-corrected chi connectivity index (χ4v) is 2.47. The molecule has 4 heteroatoms. The Kier molecular flexibility index (Phi) is 4.61. The Morgan fingerprint density at radius 3 is 2.50 bits per heavy atom. The number of rotatable bonds is 4. The predicted octanol–water partition coefficient (Wildman–Crippen LogP) is 2.74. The van der Waals surface area contributed by atoms with Crippen molar-refractivity contribution >= 4 is 17.5 Å². The van der Waals surface area contributed by atoms with Gasteiger partial charge in [-0.2, -0.15) is 0 Å². The molecule has 3 nitrogen and oxygen atoms in total. The first-order valence-corrected chi connectivity index (χ1v) is 6.66. The summed E-state index contributed by atoms with van der Waals surface area (Å²) in [7, 11) is 1.66. The molecule has 1 atom stereocenters. The zero-order valence-corrected chi connectivity index (χ0v) is 11.3. The summed E-state index contributed by atoms with van der Waals surface area (Å²) < 4.78 is 5.05. The zero-order chi connectivity index (χ0) is 13.0. The molecule has 98 valence electrons. The third-order valence-electron chi connectivity index (χ3n) is 3.22. The molecule has 1 amide bonds. The molecule has 1 aliphatic heterocycles. The number of ether oxygens (including phenoxy) is 1. The van der Waals surface area contributed by atoms with Crippen molar-refractivity contribution in [2.24, 2.45) is 0 Å². The lowest BCUT2D eigenvalue weighted by molar-refractivity contribution is -0.129. The number of benzene rings is 1. The van der Waals surface area contributed by atoms with Crippen molar-refractivity contribution in [3.63, 3.8) is 0 Å². The van der Waals surface area contributed by atoms with Crippen LogP contribution < -0.4 is 0 Å². The topological polar surface area (TPSA) is 29.5 Å². The second-order valence-corrected chi connectivity index (χ2v) is 5.01. The maximum absolute atomic E-state index is 12.1. The summed E-state index contributed by atoms with van der Waals surface area (Å²) in [6.45, 7) is 2.25. The smallest absolute Gasteiger partial charge is 0.245 e. The van der Waals surface area contributed by atoms with Gasteiger partial charge in [-0.25, -0.2) is 0 Å². The van der Waals surface area contributed by atoms with E-state index in [0.717, 1.165) is 37.1 Å². The number of carbonyl (C=O) groups is 1. The Morgan fingerprint density at radius 2 is 1.94 bits per heavy atom. The quantitative estimate of drug-likeness (QED) is 0.785. The lowest BCUT2D eigenvalue weighted by Crippen LogP contribution is -2.30. The molecule has 2 rings (SSSR count). The SMILES string of the molecule is COCc1ccc(C(Cl)C(=O)N2CCCC2)cc1. The molecule has 1 unspecified atom stereocenters. The van der Waals surface area contributed by atoms with Crippen LogP contribution in [0.4, 0.5) is 0 Å². The van der Waals surface area contributed by atoms with E-state index in [4.69, 9.17) is 16.3 Å². The van der Waals surface area contributed by atoms with Crippen molar-refractivity contribution in [1.29, 1.82) is 0 Å². The Bertz CT molecular complexity index is 399. The number of amides is 1. The number of alkyl halides is 1. The molecule has 1 heterocycles. The number of carbonyl (C=O) groups excluding carboxylic acids is 1. The summed E-state index contributed by atoms with van der Waals surface area (Å²) in [6.07, 6.45) is 2.17. The van der Waals surface area contributed by atoms with Gasteiger partial charge < -0.3 is 9.64 Å². The molecular formula is C14H18ClNO2. The first-order chi connectivity index (χ1) is 8.72. The molecule has 0 aromatic heterocycles. The number of nitrogens with zero attached hydrogens (tertiary/aromatic N) is 1. The van der Waals surface area contributed by atoms with E-state index in [2.05, 4.69) is 0 Å². The first kappa shape index (κ1) is 13.4. The van der Waals surface area contributed by atoms with Gasteiger partial charge in [0.05, 0.1) is 6.61 Å². The monoisotopic (exact) mass is 267 g/mol. The third-order valence-corrected chi connectivity index (χ3v) is 3.66. The number of hydrogen-bond acceptors (Lipinski definition) is 2. The van der Waals surface area contributed by atoms with Gasteiger partial charge in [-0.3, -0.25) is 4.79 Å². The number of hydrogen-bond donors (Lipinski definition) is 0. The summed E-state index contributed by atoms with van der Waals surface area (Å²) in [5.41, 5.74) is 1.94. The van der Waals surface area contributed by atoms with Gasteiger partial charge in [-0.05, 0) is 24.0 Å². The van der Waals surface area contributed by atoms with Crippen molar-refractivity contribution in [3.8, 4) is 0 Å². The van der Waals surface area contributed by atoms with Crippen molar-refractivity contribution in [3.05, 3.63) is 35.4 Å². The molecule has 1 aromatic rings. The number of halogens is 1. The molecule has 0 saturated carbocycles. The highest BCUT2D eigenvalue weighted by Crippen LogP contribution is 2.25. The van der Waals surface area contributed by atoms with Crippen LogP contribution >= 0.6 is 11.6 Å². The average molecular weight is 268 g/mol. The standard InChI is InChI=1S/C14H18ClNO2/c1-18-10-11-4-6-12(7-5-11)13(15)14(17)16-8-2-3-9-16/h4-7,13H,2-3,8-10H2,1H3. The minimum absolute atomic E-state index is 0.0219. The summed E-state index contributed by atoms with van der Waals surface area (Å²) in [4.78, 5) is 14.0. The van der Waals surface area contributed by atoms with Gasteiger partial charge in [0, 0.05) is 20.2 Å².